The second kappa shape index (κ2) is 6.61. The van der Waals surface area contributed by atoms with Crippen molar-refractivity contribution in [3.05, 3.63) is 0 Å². The number of hydrogen-bond acceptors (Lipinski definition) is 2. The zero-order valence-electron chi connectivity index (χ0n) is 6.89. The molecule has 66 valence electrons. The zero-order valence-corrected chi connectivity index (χ0v) is 8.48. The third kappa shape index (κ3) is 7.81. The van der Waals surface area contributed by atoms with Gasteiger partial charge in [-0.1, -0.05) is 15.9 Å². The summed E-state index contributed by atoms with van der Waals surface area (Å²) in [5.74, 6) is 0.0158. The molecule has 3 nitrogen and oxygen atoms in total. The van der Waals surface area contributed by atoms with Crippen molar-refractivity contribution in [1.29, 1.82) is 0 Å². The molecule has 1 atom stereocenters. The third-order valence-electron chi connectivity index (χ3n) is 1.18. The smallest absolute Gasteiger partial charge is 0.216 e. The molecule has 11 heavy (non-hydrogen) atoms. The standard InChI is InChI=1S/C7H14BrNO2/c1-6(10)9-4-3-7(8)5-11-2/h7H,3-5H2,1-2H3,(H,9,10). The van der Waals surface area contributed by atoms with Crippen molar-refractivity contribution in [2.75, 3.05) is 20.3 Å². The molecule has 0 saturated carbocycles. The normalized spacial score (nSPS) is 12.6. The number of ether oxygens (including phenoxy) is 1. The molecule has 0 rings (SSSR count). The van der Waals surface area contributed by atoms with Gasteiger partial charge in [-0.2, -0.15) is 0 Å². The first kappa shape index (κ1) is 10.9. The van der Waals surface area contributed by atoms with Gasteiger partial charge in [0.05, 0.1) is 6.61 Å². The van der Waals surface area contributed by atoms with E-state index in [4.69, 9.17) is 4.74 Å². The summed E-state index contributed by atoms with van der Waals surface area (Å²) in [6.45, 7) is 2.90. The predicted molar refractivity (Wildman–Crippen MR) is 47.9 cm³/mol. The van der Waals surface area contributed by atoms with Crippen molar-refractivity contribution >= 4 is 21.8 Å². The van der Waals surface area contributed by atoms with Gasteiger partial charge >= 0.3 is 0 Å². The number of carbonyl (C=O) groups is 1. The summed E-state index contributed by atoms with van der Waals surface area (Å²) in [6.07, 6.45) is 0.896. The minimum atomic E-state index is 0.0158. The Kier molecular flexibility index (Phi) is 6.56. The van der Waals surface area contributed by atoms with Crippen LogP contribution in [0.2, 0.25) is 0 Å². The molecule has 1 unspecified atom stereocenters. The van der Waals surface area contributed by atoms with Gasteiger partial charge in [-0.15, -0.1) is 0 Å². The molecular weight excluding hydrogens is 210 g/mol. The van der Waals surface area contributed by atoms with Gasteiger partial charge in [0.25, 0.3) is 0 Å². The van der Waals surface area contributed by atoms with Gasteiger partial charge in [-0.3, -0.25) is 4.79 Å². The zero-order chi connectivity index (χ0) is 8.69. The average Bonchev–Trinajstić information content (AvgIpc) is 1.87. The molecule has 1 amide bonds. The molecule has 0 heterocycles. The number of amides is 1. The van der Waals surface area contributed by atoms with E-state index in [2.05, 4.69) is 21.2 Å². The highest BCUT2D eigenvalue weighted by atomic mass is 79.9. The van der Waals surface area contributed by atoms with E-state index in [1.807, 2.05) is 0 Å². The number of rotatable bonds is 5. The molecule has 0 bridgehead atoms. The number of carbonyl (C=O) groups excluding carboxylic acids is 1. The maximum atomic E-state index is 10.4. The lowest BCUT2D eigenvalue weighted by atomic mass is 10.3. The molecule has 0 fully saturated rings. The number of nitrogens with one attached hydrogen (secondary N) is 1. The Morgan fingerprint density at radius 2 is 2.36 bits per heavy atom. The van der Waals surface area contributed by atoms with E-state index in [9.17, 15) is 4.79 Å². The molecule has 0 aliphatic rings. The number of alkyl halides is 1. The lowest BCUT2D eigenvalue weighted by Gasteiger charge is -2.07. The minimum absolute atomic E-state index is 0.0158. The molecule has 0 aliphatic heterocycles. The fourth-order valence-electron chi connectivity index (χ4n) is 0.669. The number of methoxy groups -OCH3 is 1. The summed E-state index contributed by atoms with van der Waals surface area (Å²) in [6, 6.07) is 0. The Morgan fingerprint density at radius 1 is 1.73 bits per heavy atom. The summed E-state index contributed by atoms with van der Waals surface area (Å²) < 4.78 is 4.90. The van der Waals surface area contributed by atoms with Crippen LogP contribution >= 0.6 is 15.9 Å². The number of halogens is 1. The Hall–Kier alpha value is -0.0900. The van der Waals surface area contributed by atoms with Crippen LogP contribution in [0.3, 0.4) is 0 Å². The van der Waals surface area contributed by atoms with Gasteiger partial charge in [-0.05, 0) is 6.42 Å². The molecular formula is C7H14BrNO2. The predicted octanol–water partition coefficient (Wildman–Crippen LogP) is 0.923. The molecule has 0 radical (unpaired) electrons. The Balaban J connectivity index is 3.16. The van der Waals surface area contributed by atoms with E-state index >= 15 is 0 Å². The van der Waals surface area contributed by atoms with E-state index in [1.165, 1.54) is 6.92 Å². The van der Waals surface area contributed by atoms with Crippen LogP contribution in [0.1, 0.15) is 13.3 Å². The van der Waals surface area contributed by atoms with Crippen LogP contribution < -0.4 is 5.32 Å². The van der Waals surface area contributed by atoms with Crippen LogP contribution in [0.25, 0.3) is 0 Å². The Morgan fingerprint density at radius 3 is 2.82 bits per heavy atom. The highest BCUT2D eigenvalue weighted by molar-refractivity contribution is 9.09. The summed E-state index contributed by atoms with van der Waals surface area (Å²) in [5.41, 5.74) is 0. The van der Waals surface area contributed by atoms with Gasteiger partial charge in [0.15, 0.2) is 0 Å². The maximum absolute atomic E-state index is 10.4. The van der Waals surface area contributed by atoms with E-state index in [-0.39, 0.29) is 5.91 Å². The Labute approximate surface area is 75.6 Å². The van der Waals surface area contributed by atoms with Crippen LogP contribution in [0.15, 0.2) is 0 Å². The number of hydrogen-bond donors (Lipinski definition) is 1. The first-order chi connectivity index (χ1) is 5.16. The maximum Gasteiger partial charge on any atom is 0.216 e. The van der Waals surface area contributed by atoms with E-state index < -0.39 is 0 Å². The van der Waals surface area contributed by atoms with E-state index in [0.29, 0.717) is 18.0 Å². The fraction of sp³-hybridized carbons (Fsp3) is 0.857. The fourth-order valence-corrected chi connectivity index (χ4v) is 1.16. The molecule has 0 aromatic rings. The Bertz CT molecular complexity index is 119. The quantitative estimate of drug-likeness (QED) is 0.705. The van der Waals surface area contributed by atoms with Crippen molar-refractivity contribution in [3.63, 3.8) is 0 Å². The lowest BCUT2D eigenvalue weighted by molar-refractivity contribution is -0.118. The molecule has 0 saturated heterocycles. The molecule has 0 aromatic carbocycles. The lowest BCUT2D eigenvalue weighted by Crippen LogP contribution is -2.24. The monoisotopic (exact) mass is 223 g/mol. The second-order valence-corrected chi connectivity index (χ2v) is 3.62. The summed E-state index contributed by atoms with van der Waals surface area (Å²) in [5, 5.41) is 2.71. The van der Waals surface area contributed by atoms with Crippen LogP contribution in [-0.2, 0) is 9.53 Å². The average molecular weight is 224 g/mol. The van der Waals surface area contributed by atoms with Crippen LogP contribution in [-0.4, -0.2) is 31.0 Å². The molecule has 0 aliphatic carbocycles. The van der Waals surface area contributed by atoms with Crippen LogP contribution in [0.5, 0.6) is 0 Å². The first-order valence-electron chi connectivity index (χ1n) is 3.54. The van der Waals surface area contributed by atoms with Crippen LogP contribution in [0, 0.1) is 0 Å². The summed E-state index contributed by atoms with van der Waals surface area (Å²) in [7, 11) is 1.66. The van der Waals surface area contributed by atoms with Gasteiger partial charge in [0, 0.05) is 25.4 Å². The molecule has 0 aromatic heterocycles. The first-order valence-corrected chi connectivity index (χ1v) is 4.45. The largest absolute Gasteiger partial charge is 0.384 e. The molecule has 0 spiro atoms. The van der Waals surface area contributed by atoms with Crippen molar-refractivity contribution in [2.45, 2.75) is 18.2 Å². The van der Waals surface area contributed by atoms with E-state index in [1.54, 1.807) is 7.11 Å². The van der Waals surface area contributed by atoms with Crippen LogP contribution in [0.4, 0.5) is 0 Å². The van der Waals surface area contributed by atoms with Crippen molar-refractivity contribution in [2.24, 2.45) is 0 Å². The summed E-state index contributed by atoms with van der Waals surface area (Å²) >= 11 is 3.41. The van der Waals surface area contributed by atoms with Gasteiger partial charge in [0.1, 0.15) is 0 Å². The summed E-state index contributed by atoms with van der Waals surface area (Å²) in [4.78, 5) is 10.8. The molecule has 1 N–H and O–H groups in total. The minimum Gasteiger partial charge on any atom is -0.384 e. The van der Waals surface area contributed by atoms with Gasteiger partial charge in [-0.25, -0.2) is 0 Å². The van der Waals surface area contributed by atoms with E-state index in [0.717, 1.165) is 6.42 Å². The van der Waals surface area contributed by atoms with Gasteiger partial charge < -0.3 is 10.1 Å². The molecule has 4 heteroatoms. The van der Waals surface area contributed by atoms with Crippen molar-refractivity contribution in [3.8, 4) is 0 Å². The SMILES string of the molecule is COCC(Br)CCNC(C)=O. The third-order valence-corrected chi connectivity index (χ3v) is 1.90. The second-order valence-electron chi connectivity index (χ2n) is 2.32. The highest BCUT2D eigenvalue weighted by Gasteiger charge is 2.02. The topological polar surface area (TPSA) is 38.3 Å². The highest BCUT2D eigenvalue weighted by Crippen LogP contribution is 2.03. The van der Waals surface area contributed by atoms with Crippen molar-refractivity contribution in [1.82, 2.24) is 5.32 Å². The van der Waals surface area contributed by atoms with Gasteiger partial charge in [0.2, 0.25) is 5.91 Å². The van der Waals surface area contributed by atoms with Crippen molar-refractivity contribution < 1.29 is 9.53 Å².